The maximum absolute atomic E-state index is 12.6. The van der Waals surface area contributed by atoms with Gasteiger partial charge < -0.3 is 34.8 Å². The average Bonchev–Trinajstić information content (AvgIpc) is 3.08. The standard InChI is InChI=1S/C22H23Br4N3O7/c1-33-18-15(25)9-22(35-10-16(18)26)20(31)17(29-36-22)21(32)28-4-2-6-34-19-13(23)7-12(8-14(19)24)3-5-27-11-30/h7-8,10-11,20,31H,2-6,9H2,1H3,(H,27,30)(H,28,32)/t20-,22-/m0/s1. The molecule has 1 aromatic carbocycles. The molecule has 2 aliphatic rings. The highest BCUT2D eigenvalue weighted by atomic mass is 79.9. The van der Waals surface area contributed by atoms with E-state index < -0.39 is 17.8 Å². The number of hydrogen-bond donors (Lipinski definition) is 3. The van der Waals surface area contributed by atoms with E-state index in [0.717, 1.165) is 14.5 Å². The summed E-state index contributed by atoms with van der Waals surface area (Å²) in [6.07, 6.45) is 1.81. The van der Waals surface area contributed by atoms with Crippen molar-refractivity contribution < 1.29 is 33.7 Å². The number of hydrogen-bond acceptors (Lipinski definition) is 8. The molecule has 3 N–H and O–H groups in total. The molecule has 2 amide bonds. The van der Waals surface area contributed by atoms with Crippen LogP contribution < -0.4 is 15.4 Å². The molecule has 0 radical (unpaired) electrons. The van der Waals surface area contributed by atoms with Crippen molar-refractivity contribution in [2.45, 2.75) is 31.2 Å². The van der Waals surface area contributed by atoms with Crippen molar-refractivity contribution in [3.8, 4) is 5.75 Å². The Morgan fingerprint density at radius 3 is 2.67 bits per heavy atom. The molecule has 1 spiro atoms. The SMILES string of the molecule is COC1=C(Br)C[C@]2(OC=C1Br)ON=C(C(=O)NCCCOc1c(Br)cc(CCNC=O)cc1Br)[C@@H]2O. The van der Waals surface area contributed by atoms with Gasteiger partial charge in [-0.3, -0.25) is 9.59 Å². The number of aliphatic hydroxyl groups is 1. The topological polar surface area (TPSA) is 128 Å². The van der Waals surface area contributed by atoms with E-state index in [0.29, 0.717) is 52.9 Å². The summed E-state index contributed by atoms with van der Waals surface area (Å²) >= 11 is 13.7. The first-order valence-corrected chi connectivity index (χ1v) is 13.9. The van der Waals surface area contributed by atoms with Crippen LogP contribution in [0.4, 0.5) is 0 Å². The summed E-state index contributed by atoms with van der Waals surface area (Å²) in [4.78, 5) is 28.4. The molecular weight excluding hydrogens is 738 g/mol. The number of allylic oxidation sites excluding steroid dienone is 1. The van der Waals surface area contributed by atoms with Gasteiger partial charge in [-0.1, -0.05) is 21.1 Å². The van der Waals surface area contributed by atoms with E-state index in [-0.39, 0.29) is 18.7 Å². The Morgan fingerprint density at radius 2 is 2.00 bits per heavy atom. The second-order valence-electron chi connectivity index (χ2n) is 7.65. The summed E-state index contributed by atoms with van der Waals surface area (Å²) in [7, 11) is 1.50. The zero-order valence-corrected chi connectivity index (χ0v) is 25.3. The number of benzene rings is 1. The number of amides is 2. The minimum atomic E-state index is -1.60. The normalized spacial score (nSPS) is 21.1. The van der Waals surface area contributed by atoms with E-state index in [1.807, 2.05) is 12.1 Å². The molecule has 2 heterocycles. The number of halogens is 4. The summed E-state index contributed by atoms with van der Waals surface area (Å²) in [6.45, 7) is 1.15. The Labute approximate surface area is 241 Å². The molecule has 14 heteroatoms. The fourth-order valence-corrected chi connectivity index (χ4v) is 6.44. The first-order chi connectivity index (χ1) is 17.2. The third-order valence-electron chi connectivity index (χ3n) is 5.19. The van der Waals surface area contributed by atoms with E-state index in [2.05, 4.69) is 79.5 Å². The summed E-state index contributed by atoms with van der Waals surface area (Å²) in [5, 5.41) is 19.9. The van der Waals surface area contributed by atoms with Crippen LogP contribution >= 0.6 is 63.7 Å². The number of carbonyl (C=O) groups is 2. The number of aliphatic hydroxyl groups excluding tert-OH is 1. The molecule has 1 aromatic rings. The van der Waals surface area contributed by atoms with Gasteiger partial charge in [0.2, 0.25) is 6.41 Å². The molecular formula is C22H23Br4N3O7. The maximum Gasteiger partial charge on any atom is 0.311 e. The first-order valence-electron chi connectivity index (χ1n) is 10.7. The molecule has 10 nitrogen and oxygen atoms in total. The smallest absolute Gasteiger partial charge is 0.311 e. The van der Waals surface area contributed by atoms with Crippen LogP contribution in [0.5, 0.6) is 5.75 Å². The molecule has 196 valence electrons. The Kier molecular flexibility index (Phi) is 10.7. The van der Waals surface area contributed by atoms with Crippen molar-refractivity contribution in [3.05, 3.63) is 47.6 Å². The molecule has 0 saturated heterocycles. The van der Waals surface area contributed by atoms with Crippen molar-refractivity contribution in [1.82, 2.24) is 10.6 Å². The minimum absolute atomic E-state index is 0.0627. The highest BCUT2D eigenvalue weighted by Crippen LogP contribution is 2.41. The zero-order chi connectivity index (χ0) is 26.3. The van der Waals surface area contributed by atoms with Crippen LogP contribution in [-0.2, 0) is 30.3 Å². The molecule has 0 saturated carbocycles. The zero-order valence-electron chi connectivity index (χ0n) is 19.0. The number of oxime groups is 1. The van der Waals surface area contributed by atoms with Gasteiger partial charge in [-0.2, -0.15) is 0 Å². The Morgan fingerprint density at radius 1 is 1.28 bits per heavy atom. The summed E-state index contributed by atoms with van der Waals surface area (Å²) in [6, 6.07) is 3.85. The Hall–Kier alpha value is -1.61. The van der Waals surface area contributed by atoms with Crippen LogP contribution in [0.15, 0.2) is 47.2 Å². The third kappa shape index (κ3) is 6.82. The number of nitrogens with one attached hydrogen (secondary N) is 2. The largest absolute Gasteiger partial charge is 0.495 e. The van der Waals surface area contributed by atoms with Gasteiger partial charge in [-0.05, 0) is 78.3 Å². The van der Waals surface area contributed by atoms with Gasteiger partial charge in [0.1, 0.15) is 17.8 Å². The predicted octanol–water partition coefficient (Wildman–Crippen LogP) is 3.74. The number of carbonyl (C=O) groups excluding carboxylic acids is 2. The van der Waals surface area contributed by atoms with E-state index in [9.17, 15) is 14.7 Å². The highest BCUT2D eigenvalue weighted by molar-refractivity contribution is 9.12. The Balaban J connectivity index is 1.48. The molecule has 3 rings (SSSR count). The molecule has 2 atom stereocenters. The van der Waals surface area contributed by atoms with Crippen molar-refractivity contribution >= 4 is 81.7 Å². The van der Waals surface area contributed by atoms with Crippen LogP contribution in [-0.4, -0.2) is 61.8 Å². The monoisotopic (exact) mass is 757 g/mol. The van der Waals surface area contributed by atoms with Crippen LogP contribution in [0.2, 0.25) is 0 Å². The molecule has 0 aliphatic carbocycles. The molecule has 0 unspecified atom stereocenters. The van der Waals surface area contributed by atoms with Gasteiger partial charge in [0.25, 0.3) is 5.91 Å². The third-order valence-corrected chi connectivity index (χ3v) is 7.56. The maximum atomic E-state index is 12.6. The molecule has 2 aliphatic heterocycles. The van der Waals surface area contributed by atoms with Crippen LogP contribution in [0.25, 0.3) is 0 Å². The van der Waals surface area contributed by atoms with Crippen molar-refractivity contribution in [3.63, 3.8) is 0 Å². The fourth-order valence-electron chi connectivity index (χ4n) is 3.41. The van der Waals surface area contributed by atoms with E-state index >= 15 is 0 Å². The number of nitrogens with zero attached hydrogens (tertiary/aromatic N) is 1. The van der Waals surface area contributed by atoms with Crippen molar-refractivity contribution in [2.75, 3.05) is 26.8 Å². The van der Waals surface area contributed by atoms with Gasteiger partial charge in [-0.15, -0.1) is 0 Å². The second-order valence-corrected chi connectivity index (χ2v) is 11.2. The van der Waals surface area contributed by atoms with Crippen molar-refractivity contribution in [1.29, 1.82) is 0 Å². The van der Waals surface area contributed by atoms with Crippen LogP contribution in [0.1, 0.15) is 18.4 Å². The fraction of sp³-hybridized carbons (Fsp3) is 0.409. The summed E-state index contributed by atoms with van der Waals surface area (Å²) in [5.74, 6) is -1.05. The van der Waals surface area contributed by atoms with E-state index in [1.54, 1.807) is 0 Å². The molecule has 36 heavy (non-hydrogen) atoms. The molecule has 0 aromatic heterocycles. The highest BCUT2D eigenvalue weighted by Gasteiger charge is 2.54. The lowest BCUT2D eigenvalue weighted by molar-refractivity contribution is -0.225. The van der Waals surface area contributed by atoms with E-state index in [4.69, 9.17) is 19.0 Å². The lowest BCUT2D eigenvalue weighted by Crippen LogP contribution is -2.49. The summed E-state index contributed by atoms with van der Waals surface area (Å²) < 4.78 is 19.4. The van der Waals surface area contributed by atoms with Gasteiger partial charge in [0, 0.05) is 17.6 Å². The molecule has 0 fully saturated rings. The van der Waals surface area contributed by atoms with Gasteiger partial charge >= 0.3 is 5.79 Å². The van der Waals surface area contributed by atoms with Gasteiger partial charge in [-0.25, -0.2) is 0 Å². The lowest BCUT2D eigenvalue weighted by Gasteiger charge is -2.27. The van der Waals surface area contributed by atoms with Gasteiger partial charge in [0.15, 0.2) is 11.8 Å². The van der Waals surface area contributed by atoms with Crippen LogP contribution in [0, 0.1) is 0 Å². The number of ether oxygens (including phenoxy) is 3. The number of methoxy groups -OCH3 is 1. The quantitative estimate of drug-likeness (QED) is 0.232. The number of rotatable bonds is 11. The summed E-state index contributed by atoms with van der Waals surface area (Å²) in [5.41, 5.74) is 0.840. The first kappa shape index (κ1) is 29.0. The van der Waals surface area contributed by atoms with Crippen molar-refractivity contribution in [2.24, 2.45) is 5.16 Å². The van der Waals surface area contributed by atoms with E-state index in [1.165, 1.54) is 13.4 Å². The van der Waals surface area contributed by atoms with Gasteiger partial charge in [0.05, 0.1) is 33.6 Å². The molecule has 0 bridgehead atoms. The second kappa shape index (κ2) is 13.3. The van der Waals surface area contributed by atoms with Crippen LogP contribution in [0.3, 0.4) is 0 Å². The lowest BCUT2D eigenvalue weighted by atomic mass is 10.0. The minimum Gasteiger partial charge on any atom is -0.495 e. The predicted molar refractivity (Wildman–Crippen MR) is 146 cm³/mol. The Bertz CT molecular complexity index is 1070. The average molecular weight is 761 g/mol.